The number of amides is 1. The summed E-state index contributed by atoms with van der Waals surface area (Å²) in [5.41, 5.74) is 0. The number of hydrogen-bond donors (Lipinski definition) is 1. The van der Waals surface area contributed by atoms with Crippen LogP contribution in [0.3, 0.4) is 0 Å². The van der Waals surface area contributed by atoms with Crippen LogP contribution in [0.25, 0.3) is 0 Å². The highest BCUT2D eigenvalue weighted by Crippen LogP contribution is 2.24. The van der Waals surface area contributed by atoms with Gasteiger partial charge in [0, 0.05) is 51.6 Å². The number of hydrogen-bond acceptors (Lipinski definition) is 4. The summed E-state index contributed by atoms with van der Waals surface area (Å²) in [6.45, 7) is 6.31. The summed E-state index contributed by atoms with van der Waals surface area (Å²) < 4.78 is 10.9. The summed E-state index contributed by atoms with van der Waals surface area (Å²) in [5.74, 6) is 3.17. The fraction of sp³-hybridized carbons (Fsp3) is 0.750. The zero-order valence-corrected chi connectivity index (χ0v) is 18.8. The maximum atomic E-state index is 12.9. The molecule has 0 radical (unpaired) electrons. The second kappa shape index (κ2) is 11.6. The van der Waals surface area contributed by atoms with Crippen molar-refractivity contribution in [2.24, 2.45) is 16.8 Å². The average Bonchev–Trinajstić information content (AvgIpc) is 3.36. The molecule has 31 heavy (non-hydrogen) atoms. The number of furan rings is 1. The number of likely N-dealkylation sites (tertiary alicyclic amines) is 1. The van der Waals surface area contributed by atoms with Gasteiger partial charge in [-0.1, -0.05) is 19.3 Å². The minimum Gasteiger partial charge on any atom is -0.469 e. The van der Waals surface area contributed by atoms with Crippen LogP contribution < -0.4 is 5.32 Å². The molecule has 3 fully saturated rings. The lowest BCUT2D eigenvalue weighted by Gasteiger charge is -2.37. The number of carbonyl (C=O) groups excluding carboxylic acids is 1. The molecule has 2 aliphatic heterocycles. The number of morpholine rings is 1. The molecule has 172 valence electrons. The molecule has 1 N–H and O–H groups in total. The first-order valence-corrected chi connectivity index (χ1v) is 12.2. The Labute approximate surface area is 186 Å². The van der Waals surface area contributed by atoms with Crippen molar-refractivity contribution in [3.63, 3.8) is 0 Å². The molecule has 7 nitrogen and oxygen atoms in total. The maximum absolute atomic E-state index is 12.9. The number of aliphatic imine (C=N–C) groups is 1. The van der Waals surface area contributed by atoms with Gasteiger partial charge in [-0.25, -0.2) is 0 Å². The fourth-order valence-electron chi connectivity index (χ4n) is 4.99. The smallest absolute Gasteiger partial charge is 0.225 e. The van der Waals surface area contributed by atoms with Crippen LogP contribution in [0, 0.1) is 11.8 Å². The summed E-state index contributed by atoms with van der Waals surface area (Å²) in [5, 5.41) is 3.58. The molecule has 0 unspecified atom stereocenters. The molecule has 7 heteroatoms. The molecular weight excluding hydrogens is 392 g/mol. The molecular formula is C24H38N4O3. The molecule has 4 rings (SSSR count). The van der Waals surface area contributed by atoms with Crippen molar-refractivity contribution >= 4 is 11.9 Å². The third kappa shape index (κ3) is 6.48. The van der Waals surface area contributed by atoms with E-state index in [9.17, 15) is 4.79 Å². The topological polar surface area (TPSA) is 70.3 Å². The molecule has 3 aliphatic rings. The molecule has 1 aromatic heterocycles. The Kier molecular flexibility index (Phi) is 8.27. The zero-order valence-electron chi connectivity index (χ0n) is 18.8. The lowest BCUT2D eigenvalue weighted by atomic mass is 9.89. The molecule has 1 amide bonds. The van der Waals surface area contributed by atoms with Gasteiger partial charge in [0.1, 0.15) is 5.76 Å². The summed E-state index contributed by atoms with van der Waals surface area (Å²) in [6.07, 6.45) is 11.0. The van der Waals surface area contributed by atoms with Crippen LogP contribution in [0.5, 0.6) is 0 Å². The average molecular weight is 431 g/mol. The van der Waals surface area contributed by atoms with Gasteiger partial charge >= 0.3 is 0 Å². The predicted octanol–water partition coefficient (Wildman–Crippen LogP) is 2.92. The van der Waals surface area contributed by atoms with Crippen LogP contribution >= 0.6 is 0 Å². The fourth-order valence-corrected chi connectivity index (χ4v) is 4.99. The van der Waals surface area contributed by atoms with Gasteiger partial charge < -0.3 is 24.3 Å². The van der Waals surface area contributed by atoms with Gasteiger partial charge in [-0.15, -0.1) is 0 Å². The largest absolute Gasteiger partial charge is 0.469 e. The Balaban J connectivity index is 1.31. The van der Waals surface area contributed by atoms with E-state index in [1.54, 1.807) is 6.26 Å². The van der Waals surface area contributed by atoms with Crippen molar-refractivity contribution < 1.29 is 13.9 Å². The number of piperidine rings is 1. The molecule has 1 saturated carbocycles. The molecule has 2 saturated heterocycles. The Morgan fingerprint density at radius 1 is 1.03 bits per heavy atom. The van der Waals surface area contributed by atoms with Gasteiger partial charge in [-0.2, -0.15) is 0 Å². The van der Waals surface area contributed by atoms with Gasteiger partial charge in [0.25, 0.3) is 0 Å². The van der Waals surface area contributed by atoms with Gasteiger partial charge in [-0.3, -0.25) is 9.79 Å². The minimum atomic E-state index is 0.136. The third-order valence-corrected chi connectivity index (χ3v) is 6.93. The quantitative estimate of drug-likeness (QED) is 0.555. The summed E-state index contributed by atoms with van der Waals surface area (Å²) in [6, 6.07) is 3.95. The Morgan fingerprint density at radius 3 is 2.52 bits per heavy atom. The van der Waals surface area contributed by atoms with E-state index in [4.69, 9.17) is 14.1 Å². The van der Waals surface area contributed by atoms with E-state index < -0.39 is 0 Å². The standard InChI is InChI=1S/C24H38N4O3/c29-23(27-14-17-30-18-15-27)21-9-12-28(13-10-21)24(25-11-8-22-7-4-16-31-22)26-19-20-5-2-1-3-6-20/h4,7,16,20-21H,1-3,5-6,8-15,17-19H2,(H,25,26). The molecule has 3 heterocycles. The van der Waals surface area contributed by atoms with Crippen LogP contribution in [0.15, 0.2) is 27.8 Å². The highest BCUT2D eigenvalue weighted by Gasteiger charge is 2.30. The number of ether oxygens (including phenoxy) is 1. The van der Waals surface area contributed by atoms with Crippen LogP contribution in [-0.2, 0) is 16.0 Å². The minimum absolute atomic E-state index is 0.136. The highest BCUT2D eigenvalue weighted by atomic mass is 16.5. The van der Waals surface area contributed by atoms with Crippen molar-refractivity contribution in [1.29, 1.82) is 0 Å². The van der Waals surface area contributed by atoms with E-state index in [-0.39, 0.29) is 5.92 Å². The van der Waals surface area contributed by atoms with Crippen molar-refractivity contribution in [3.05, 3.63) is 24.2 Å². The SMILES string of the molecule is O=C(C1CCN(C(=NCC2CCCCC2)NCCc2ccco2)CC1)N1CCOCC1. The summed E-state index contributed by atoms with van der Waals surface area (Å²) in [4.78, 5) is 22.2. The van der Waals surface area contributed by atoms with Crippen molar-refractivity contribution in [1.82, 2.24) is 15.1 Å². The molecule has 1 aliphatic carbocycles. The van der Waals surface area contributed by atoms with Crippen LogP contribution in [-0.4, -0.2) is 74.1 Å². The third-order valence-electron chi connectivity index (χ3n) is 6.93. The lowest BCUT2D eigenvalue weighted by Crippen LogP contribution is -2.50. The predicted molar refractivity (Wildman–Crippen MR) is 121 cm³/mol. The Hall–Kier alpha value is -2.02. The van der Waals surface area contributed by atoms with E-state index in [1.165, 1.54) is 32.1 Å². The number of nitrogens with one attached hydrogen (secondary N) is 1. The Morgan fingerprint density at radius 2 is 1.81 bits per heavy atom. The lowest BCUT2D eigenvalue weighted by molar-refractivity contribution is -0.140. The second-order valence-electron chi connectivity index (χ2n) is 9.12. The van der Waals surface area contributed by atoms with Gasteiger partial charge in [-0.05, 0) is 43.7 Å². The van der Waals surface area contributed by atoms with Crippen molar-refractivity contribution in [3.8, 4) is 0 Å². The molecule has 0 bridgehead atoms. The number of carbonyl (C=O) groups is 1. The van der Waals surface area contributed by atoms with Crippen LogP contribution in [0.1, 0.15) is 50.7 Å². The normalized spacial score (nSPS) is 22.0. The first kappa shape index (κ1) is 22.2. The van der Waals surface area contributed by atoms with E-state index >= 15 is 0 Å². The van der Waals surface area contributed by atoms with Gasteiger partial charge in [0.05, 0.1) is 19.5 Å². The second-order valence-corrected chi connectivity index (χ2v) is 9.12. The summed E-state index contributed by atoms with van der Waals surface area (Å²) in [7, 11) is 0. The van der Waals surface area contributed by atoms with E-state index in [0.717, 1.165) is 76.2 Å². The first-order chi connectivity index (χ1) is 15.3. The Bertz CT molecular complexity index is 686. The van der Waals surface area contributed by atoms with E-state index in [0.29, 0.717) is 19.1 Å². The molecule has 1 aromatic rings. The monoisotopic (exact) mass is 430 g/mol. The maximum Gasteiger partial charge on any atom is 0.225 e. The van der Waals surface area contributed by atoms with E-state index in [2.05, 4.69) is 10.2 Å². The van der Waals surface area contributed by atoms with Crippen molar-refractivity contribution in [2.75, 3.05) is 52.5 Å². The van der Waals surface area contributed by atoms with Crippen molar-refractivity contribution in [2.45, 2.75) is 51.4 Å². The number of guanidine groups is 1. The summed E-state index contributed by atoms with van der Waals surface area (Å²) >= 11 is 0. The number of nitrogens with zero attached hydrogens (tertiary/aromatic N) is 3. The van der Waals surface area contributed by atoms with E-state index in [1.807, 2.05) is 17.0 Å². The first-order valence-electron chi connectivity index (χ1n) is 12.2. The number of rotatable bonds is 6. The van der Waals surface area contributed by atoms with Gasteiger partial charge in [0.2, 0.25) is 5.91 Å². The molecule has 0 aromatic carbocycles. The molecule has 0 spiro atoms. The molecule has 0 atom stereocenters. The zero-order chi connectivity index (χ0) is 21.3. The van der Waals surface area contributed by atoms with Gasteiger partial charge in [0.15, 0.2) is 5.96 Å². The van der Waals surface area contributed by atoms with Crippen LogP contribution in [0.2, 0.25) is 0 Å². The highest BCUT2D eigenvalue weighted by molar-refractivity contribution is 5.82. The van der Waals surface area contributed by atoms with Crippen LogP contribution in [0.4, 0.5) is 0 Å².